The molecule has 4 aromatic heterocycles. The van der Waals surface area contributed by atoms with Gasteiger partial charge in [-0.2, -0.15) is 0 Å². The lowest BCUT2D eigenvalue weighted by molar-refractivity contribution is 0.670. The molecule has 9 rings (SSSR count). The Balaban J connectivity index is 1.30. The first kappa shape index (κ1) is 20.7. The van der Waals surface area contributed by atoms with Gasteiger partial charge in [-0.25, -0.2) is 4.98 Å². The number of rotatable bonds is 2. The predicted molar refractivity (Wildman–Crippen MR) is 160 cm³/mol. The fourth-order valence-corrected chi connectivity index (χ4v) is 6.20. The van der Waals surface area contributed by atoms with Crippen LogP contribution in [0, 0.1) is 0 Å². The number of benzene rings is 5. The van der Waals surface area contributed by atoms with Gasteiger partial charge in [-0.15, -0.1) is 0 Å². The molecular formula is C35H21N3O. The van der Waals surface area contributed by atoms with E-state index >= 15 is 0 Å². The number of hydrogen-bond donors (Lipinski definition) is 0. The van der Waals surface area contributed by atoms with Crippen molar-refractivity contribution in [2.24, 2.45) is 0 Å². The number of aromatic nitrogens is 3. The highest BCUT2D eigenvalue weighted by atomic mass is 16.3. The standard InChI is InChI=1S/C35H21N3O/c1-4-13-30-25(8-1)27-20-21-37-31-14-5-3-12-29(31)36-35(37)33(27)38(30)23-18-16-22(17-19-23)24-10-7-11-28-26-9-2-6-15-32(26)39-34(24)28/h1-21H. The van der Waals surface area contributed by atoms with E-state index in [4.69, 9.17) is 9.40 Å². The topological polar surface area (TPSA) is 35.4 Å². The Hall–Kier alpha value is -5.35. The second-order valence-corrected chi connectivity index (χ2v) is 10.1. The molecule has 39 heavy (non-hydrogen) atoms. The van der Waals surface area contributed by atoms with Crippen molar-refractivity contribution in [3.8, 4) is 16.8 Å². The summed E-state index contributed by atoms with van der Waals surface area (Å²) in [6.07, 6.45) is 2.14. The van der Waals surface area contributed by atoms with Gasteiger partial charge < -0.3 is 8.98 Å². The maximum atomic E-state index is 6.32. The second kappa shape index (κ2) is 7.59. The van der Waals surface area contributed by atoms with Crippen LogP contribution in [0.2, 0.25) is 0 Å². The number of furan rings is 1. The van der Waals surface area contributed by atoms with Crippen molar-refractivity contribution in [2.45, 2.75) is 0 Å². The molecule has 9 aromatic rings. The molecule has 0 amide bonds. The minimum atomic E-state index is 0.915. The molecule has 0 bridgehead atoms. The fraction of sp³-hybridized carbons (Fsp3) is 0. The minimum absolute atomic E-state index is 0.915. The van der Waals surface area contributed by atoms with Gasteiger partial charge in [0.2, 0.25) is 0 Å². The maximum Gasteiger partial charge on any atom is 0.162 e. The van der Waals surface area contributed by atoms with Crippen molar-refractivity contribution in [2.75, 3.05) is 0 Å². The molecule has 5 aromatic carbocycles. The number of imidazole rings is 1. The van der Waals surface area contributed by atoms with Crippen LogP contribution in [-0.4, -0.2) is 14.0 Å². The third-order valence-electron chi connectivity index (χ3n) is 7.95. The Morgan fingerprint density at radius 2 is 1.31 bits per heavy atom. The smallest absolute Gasteiger partial charge is 0.162 e. The second-order valence-electron chi connectivity index (χ2n) is 10.1. The van der Waals surface area contributed by atoms with E-state index in [1.165, 1.54) is 16.3 Å². The molecule has 0 unspecified atom stereocenters. The molecule has 182 valence electrons. The molecule has 0 fully saturated rings. The molecule has 0 saturated carbocycles. The monoisotopic (exact) mass is 499 g/mol. The average Bonchev–Trinajstić information content (AvgIpc) is 3.67. The summed E-state index contributed by atoms with van der Waals surface area (Å²) in [4.78, 5) is 5.07. The molecule has 0 aliphatic heterocycles. The number of para-hydroxylation sites is 5. The van der Waals surface area contributed by atoms with Crippen molar-refractivity contribution < 1.29 is 4.42 Å². The van der Waals surface area contributed by atoms with Gasteiger partial charge in [-0.05, 0) is 48.0 Å². The summed E-state index contributed by atoms with van der Waals surface area (Å²) >= 11 is 0. The first-order chi connectivity index (χ1) is 19.3. The largest absolute Gasteiger partial charge is 0.455 e. The van der Waals surface area contributed by atoms with Gasteiger partial charge in [-0.3, -0.25) is 4.40 Å². The van der Waals surface area contributed by atoms with Crippen molar-refractivity contribution in [1.82, 2.24) is 14.0 Å². The van der Waals surface area contributed by atoms with E-state index in [1.54, 1.807) is 0 Å². The van der Waals surface area contributed by atoms with E-state index in [2.05, 4.69) is 118 Å². The van der Waals surface area contributed by atoms with Crippen LogP contribution in [-0.2, 0) is 0 Å². The zero-order valence-corrected chi connectivity index (χ0v) is 20.9. The summed E-state index contributed by atoms with van der Waals surface area (Å²) in [6.45, 7) is 0. The molecule has 4 heterocycles. The fourth-order valence-electron chi connectivity index (χ4n) is 6.20. The molecule has 0 saturated heterocycles. The first-order valence-electron chi connectivity index (χ1n) is 13.2. The number of nitrogens with zero attached hydrogens (tertiary/aromatic N) is 3. The van der Waals surface area contributed by atoms with Crippen LogP contribution in [0.3, 0.4) is 0 Å². The summed E-state index contributed by atoms with van der Waals surface area (Å²) in [5.74, 6) is 0. The van der Waals surface area contributed by atoms with Gasteiger partial charge >= 0.3 is 0 Å². The first-order valence-corrected chi connectivity index (χ1v) is 13.2. The Morgan fingerprint density at radius 3 is 2.21 bits per heavy atom. The van der Waals surface area contributed by atoms with Crippen LogP contribution >= 0.6 is 0 Å². The number of hydrogen-bond acceptors (Lipinski definition) is 2. The summed E-state index contributed by atoms with van der Waals surface area (Å²) in [5, 5.41) is 4.71. The zero-order chi connectivity index (χ0) is 25.5. The van der Waals surface area contributed by atoms with E-state index < -0.39 is 0 Å². The van der Waals surface area contributed by atoms with Crippen molar-refractivity contribution in [3.05, 3.63) is 128 Å². The maximum absolute atomic E-state index is 6.32. The molecule has 0 aliphatic rings. The molecule has 0 radical (unpaired) electrons. The third-order valence-corrected chi connectivity index (χ3v) is 7.95. The van der Waals surface area contributed by atoms with E-state index in [-0.39, 0.29) is 0 Å². The number of fused-ring (bicyclic) bond motifs is 10. The molecule has 0 N–H and O–H groups in total. The van der Waals surface area contributed by atoms with Crippen LogP contribution < -0.4 is 0 Å². The molecular weight excluding hydrogens is 478 g/mol. The summed E-state index contributed by atoms with van der Waals surface area (Å²) in [7, 11) is 0. The normalized spacial score (nSPS) is 12.1. The SMILES string of the molecule is c1ccc2c(c1)nc1c3c(ccn21)c1ccccc1n3-c1ccc(-c2cccc3c2oc2ccccc23)cc1. The van der Waals surface area contributed by atoms with E-state index in [9.17, 15) is 0 Å². The molecule has 0 spiro atoms. The van der Waals surface area contributed by atoms with Crippen molar-refractivity contribution in [1.29, 1.82) is 0 Å². The van der Waals surface area contributed by atoms with E-state index in [1.807, 2.05) is 18.2 Å². The molecule has 4 heteroatoms. The van der Waals surface area contributed by atoms with Crippen LogP contribution in [0.15, 0.2) is 132 Å². The average molecular weight is 500 g/mol. The lowest BCUT2D eigenvalue weighted by Gasteiger charge is -2.10. The van der Waals surface area contributed by atoms with Gasteiger partial charge in [0, 0.05) is 39.0 Å². The Bertz CT molecular complexity index is 2390. The van der Waals surface area contributed by atoms with Crippen molar-refractivity contribution >= 4 is 60.4 Å². The highest BCUT2D eigenvalue weighted by molar-refractivity contribution is 6.14. The Labute approximate surface area is 223 Å². The van der Waals surface area contributed by atoms with Gasteiger partial charge in [-0.1, -0.05) is 78.9 Å². The molecule has 0 aliphatic carbocycles. The van der Waals surface area contributed by atoms with E-state index in [0.29, 0.717) is 0 Å². The zero-order valence-electron chi connectivity index (χ0n) is 20.9. The highest BCUT2D eigenvalue weighted by Crippen LogP contribution is 2.38. The molecule has 0 atom stereocenters. The third kappa shape index (κ3) is 2.80. The lowest BCUT2D eigenvalue weighted by atomic mass is 10.0. The van der Waals surface area contributed by atoms with Gasteiger partial charge in [0.25, 0.3) is 0 Å². The highest BCUT2D eigenvalue weighted by Gasteiger charge is 2.18. The predicted octanol–water partition coefficient (Wildman–Crippen LogP) is 9.15. The lowest BCUT2D eigenvalue weighted by Crippen LogP contribution is -1.96. The Morgan fingerprint density at radius 1 is 0.564 bits per heavy atom. The molecule has 4 nitrogen and oxygen atoms in total. The van der Waals surface area contributed by atoms with Crippen LogP contribution in [0.4, 0.5) is 0 Å². The van der Waals surface area contributed by atoms with Gasteiger partial charge in [0.1, 0.15) is 11.2 Å². The van der Waals surface area contributed by atoms with Crippen LogP contribution in [0.25, 0.3) is 77.2 Å². The van der Waals surface area contributed by atoms with Crippen LogP contribution in [0.1, 0.15) is 0 Å². The number of pyridine rings is 1. The van der Waals surface area contributed by atoms with Gasteiger partial charge in [0.15, 0.2) is 5.65 Å². The minimum Gasteiger partial charge on any atom is -0.455 e. The van der Waals surface area contributed by atoms with Crippen molar-refractivity contribution in [3.63, 3.8) is 0 Å². The quantitative estimate of drug-likeness (QED) is 0.238. The van der Waals surface area contributed by atoms with Gasteiger partial charge in [0.05, 0.1) is 22.1 Å². The summed E-state index contributed by atoms with van der Waals surface area (Å²) in [5.41, 5.74) is 10.5. The Kier molecular flexibility index (Phi) is 4.02. The summed E-state index contributed by atoms with van der Waals surface area (Å²) < 4.78 is 10.9. The summed E-state index contributed by atoms with van der Waals surface area (Å²) in [6, 6.07) is 42.5. The van der Waals surface area contributed by atoms with E-state index in [0.717, 1.165) is 61.0 Å². The van der Waals surface area contributed by atoms with Crippen LogP contribution in [0.5, 0.6) is 0 Å².